The fourth-order valence-corrected chi connectivity index (χ4v) is 2.68. The molecule has 0 spiro atoms. The quantitative estimate of drug-likeness (QED) is 0.679. The maximum Gasteiger partial charge on any atom is 0.260 e. The zero-order valence-corrected chi connectivity index (χ0v) is 11.0. The van der Waals surface area contributed by atoms with Gasteiger partial charge < -0.3 is 5.11 Å². The zero-order chi connectivity index (χ0) is 13.9. The molecule has 0 bridgehead atoms. The molecule has 19 heavy (non-hydrogen) atoms. The Morgan fingerprint density at radius 1 is 1.47 bits per heavy atom. The second-order valence-corrected chi connectivity index (χ2v) is 5.50. The van der Waals surface area contributed by atoms with Crippen LogP contribution in [-0.4, -0.2) is 33.7 Å². The first-order valence-electron chi connectivity index (χ1n) is 5.44. The number of nitrogens with zero attached hydrogens (tertiary/aromatic N) is 3. The third-order valence-corrected chi connectivity index (χ3v) is 3.91. The number of hydrogen-bond donors (Lipinski definition) is 3. The van der Waals surface area contributed by atoms with Crippen molar-refractivity contribution in [1.82, 2.24) is 24.9 Å². The lowest BCUT2D eigenvalue weighted by molar-refractivity contribution is 0.277. The van der Waals surface area contributed by atoms with E-state index in [1.807, 2.05) is 0 Å². The summed E-state index contributed by atoms with van der Waals surface area (Å²) >= 11 is 0. The predicted molar refractivity (Wildman–Crippen MR) is 65.3 cm³/mol. The normalized spacial score (nSPS) is 11.7. The van der Waals surface area contributed by atoms with Gasteiger partial charge in [0.1, 0.15) is 6.33 Å². The van der Waals surface area contributed by atoms with Crippen molar-refractivity contribution < 1.29 is 13.5 Å². The Labute approximate surface area is 110 Å². The Bertz CT molecular complexity index is 653. The molecule has 2 rings (SSSR count). The molecule has 102 valence electrons. The highest BCUT2D eigenvalue weighted by Crippen LogP contribution is 2.15. The number of rotatable bonds is 5. The van der Waals surface area contributed by atoms with E-state index in [2.05, 4.69) is 24.9 Å². The van der Waals surface area contributed by atoms with Gasteiger partial charge in [-0.05, 0) is 13.0 Å². The molecule has 0 aliphatic rings. The number of aliphatic hydroxyl groups is 1. The summed E-state index contributed by atoms with van der Waals surface area (Å²) in [5.74, 6) is 0. The molecule has 0 fully saturated rings. The minimum Gasteiger partial charge on any atom is -0.392 e. The van der Waals surface area contributed by atoms with Gasteiger partial charge in [0.05, 0.1) is 18.8 Å². The van der Waals surface area contributed by atoms with Gasteiger partial charge in [-0.15, -0.1) is 0 Å². The molecule has 3 N–H and O–H groups in total. The minimum absolute atomic E-state index is 0.0294. The molecule has 0 saturated carbocycles. The number of hydrogen-bond acceptors (Lipinski definition) is 6. The monoisotopic (exact) mass is 283 g/mol. The van der Waals surface area contributed by atoms with E-state index in [0.29, 0.717) is 11.4 Å². The standard InChI is InChI=1S/C10H13N5O3S/c1-7-9(5-16)10(15-14-7)19(17,18)13-4-8-2-3-11-6-12-8/h2-3,6,13,16H,4-5H2,1H3,(H,14,15). The van der Waals surface area contributed by atoms with Gasteiger partial charge in [-0.1, -0.05) is 0 Å². The zero-order valence-electron chi connectivity index (χ0n) is 10.2. The van der Waals surface area contributed by atoms with E-state index in [1.54, 1.807) is 13.0 Å². The van der Waals surface area contributed by atoms with Gasteiger partial charge in [0, 0.05) is 17.5 Å². The lowest BCUT2D eigenvalue weighted by atomic mass is 10.3. The van der Waals surface area contributed by atoms with E-state index in [1.165, 1.54) is 12.5 Å². The van der Waals surface area contributed by atoms with Gasteiger partial charge in [0.2, 0.25) is 0 Å². The second kappa shape index (κ2) is 5.43. The highest BCUT2D eigenvalue weighted by atomic mass is 32.2. The Morgan fingerprint density at radius 3 is 2.89 bits per heavy atom. The molecule has 0 aliphatic carbocycles. The van der Waals surface area contributed by atoms with E-state index in [9.17, 15) is 8.42 Å². The van der Waals surface area contributed by atoms with E-state index < -0.39 is 16.6 Å². The smallest absolute Gasteiger partial charge is 0.260 e. The van der Waals surface area contributed by atoms with Gasteiger partial charge in [0.25, 0.3) is 10.0 Å². The Kier molecular flexibility index (Phi) is 3.88. The number of sulfonamides is 1. The molecule has 8 nitrogen and oxygen atoms in total. The number of aromatic nitrogens is 4. The number of aryl methyl sites for hydroxylation is 1. The molecule has 0 radical (unpaired) electrons. The lowest BCUT2D eigenvalue weighted by Gasteiger charge is -2.05. The number of aromatic amines is 1. The van der Waals surface area contributed by atoms with Gasteiger partial charge >= 0.3 is 0 Å². The van der Waals surface area contributed by atoms with Crippen LogP contribution in [-0.2, 0) is 23.2 Å². The third kappa shape index (κ3) is 2.95. The van der Waals surface area contributed by atoms with Crippen molar-refractivity contribution in [3.63, 3.8) is 0 Å². The summed E-state index contributed by atoms with van der Waals surface area (Å²) < 4.78 is 26.5. The van der Waals surface area contributed by atoms with Crippen molar-refractivity contribution in [2.45, 2.75) is 25.1 Å². The first kappa shape index (κ1) is 13.6. The fourth-order valence-electron chi connectivity index (χ4n) is 1.50. The SMILES string of the molecule is Cc1[nH]nc(S(=O)(=O)NCc2ccncn2)c1CO. The second-order valence-electron chi connectivity index (χ2n) is 3.82. The van der Waals surface area contributed by atoms with Crippen molar-refractivity contribution in [3.05, 3.63) is 35.5 Å². The van der Waals surface area contributed by atoms with Crippen LogP contribution in [0.25, 0.3) is 0 Å². The maximum atomic E-state index is 12.1. The van der Waals surface area contributed by atoms with Gasteiger partial charge in [0.15, 0.2) is 5.03 Å². The van der Waals surface area contributed by atoms with Crippen molar-refractivity contribution in [1.29, 1.82) is 0 Å². The Balaban J connectivity index is 2.19. The molecule has 0 unspecified atom stereocenters. The molecule has 0 amide bonds. The van der Waals surface area contributed by atoms with Crippen LogP contribution in [0, 0.1) is 6.92 Å². The molecular formula is C10H13N5O3S. The highest BCUT2D eigenvalue weighted by Gasteiger charge is 2.23. The molecular weight excluding hydrogens is 270 g/mol. The summed E-state index contributed by atoms with van der Waals surface area (Å²) in [6.07, 6.45) is 2.86. The summed E-state index contributed by atoms with van der Waals surface area (Å²) in [7, 11) is -3.79. The van der Waals surface area contributed by atoms with Crippen LogP contribution >= 0.6 is 0 Å². The van der Waals surface area contributed by atoms with E-state index >= 15 is 0 Å². The van der Waals surface area contributed by atoms with Crippen molar-refractivity contribution >= 4 is 10.0 Å². The Hall–Kier alpha value is -1.84. The highest BCUT2D eigenvalue weighted by molar-refractivity contribution is 7.89. The maximum absolute atomic E-state index is 12.1. The van der Waals surface area contributed by atoms with Crippen LogP contribution in [0.5, 0.6) is 0 Å². The molecule has 2 aromatic rings. The molecule has 9 heteroatoms. The van der Waals surface area contributed by atoms with E-state index in [-0.39, 0.29) is 17.1 Å². The molecule has 0 atom stereocenters. The molecule has 0 aromatic carbocycles. The van der Waals surface area contributed by atoms with Crippen LogP contribution in [0.4, 0.5) is 0 Å². The molecule has 0 saturated heterocycles. The first-order valence-corrected chi connectivity index (χ1v) is 6.92. The van der Waals surface area contributed by atoms with E-state index in [4.69, 9.17) is 5.11 Å². The summed E-state index contributed by atoms with van der Waals surface area (Å²) in [6.45, 7) is 1.27. The van der Waals surface area contributed by atoms with Crippen molar-refractivity contribution in [2.75, 3.05) is 0 Å². The summed E-state index contributed by atoms with van der Waals surface area (Å²) in [5, 5.41) is 15.2. The van der Waals surface area contributed by atoms with Crippen LogP contribution in [0.3, 0.4) is 0 Å². The lowest BCUT2D eigenvalue weighted by Crippen LogP contribution is -2.25. The number of H-pyrrole nitrogens is 1. The third-order valence-electron chi connectivity index (χ3n) is 2.54. The summed E-state index contributed by atoms with van der Waals surface area (Å²) in [6, 6.07) is 1.60. The average molecular weight is 283 g/mol. The van der Waals surface area contributed by atoms with Gasteiger partial charge in [-0.3, -0.25) is 5.10 Å². The minimum atomic E-state index is -3.79. The van der Waals surface area contributed by atoms with E-state index in [0.717, 1.165) is 0 Å². The van der Waals surface area contributed by atoms with Crippen LogP contribution in [0.15, 0.2) is 23.6 Å². The summed E-state index contributed by atoms with van der Waals surface area (Å²) in [4.78, 5) is 7.65. The topological polar surface area (TPSA) is 121 Å². The van der Waals surface area contributed by atoms with Crippen molar-refractivity contribution in [3.8, 4) is 0 Å². The van der Waals surface area contributed by atoms with Crippen LogP contribution < -0.4 is 4.72 Å². The van der Waals surface area contributed by atoms with Crippen molar-refractivity contribution in [2.24, 2.45) is 0 Å². The summed E-state index contributed by atoms with van der Waals surface area (Å²) in [5.41, 5.74) is 1.32. The first-order chi connectivity index (χ1) is 9.04. The Morgan fingerprint density at radius 2 is 2.26 bits per heavy atom. The average Bonchev–Trinajstić information content (AvgIpc) is 2.79. The van der Waals surface area contributed by atoms with Gasteiger partial charge in [-0.25, -0.2) is 23.1 Å². The number of aliphatic hydroxyl groups excluding tert-OH is 1. The van der Waals surface area contributed by atoms with Crippen LogP contribution in [0.2, 0.25) is 0 Å². The fraction of sp³-hybridized carbons (Fsp3) is 0.300. The largest absolute Gasteiger partial charge is 0.392 e. The van der Waals surface area contributed by atoms with Gasteiger partial charge in [-0.2, -0.15) is 5.10 Å². The predicted octanol–water partition coefficient (Wildman–Crippen LogP) is -0.521. The van der Waals surface area contributed by atoms with Crippen LogP contribution in [0.1, 0.15) is 17.0 Å². The number of nitrogens with one attached hydrogen (secondary N) is 2. The molecule has 2 heterocycles. The molecule has 2 aromatic heterocycles. The molecule has 0 aliphatic heterocycles.